The Kier molecular flexibility index (Phi) is 12.7. The van der Waals surface area contributed by atoms with Crippen LogP contribution in [-0.4, -0.2) is 22.4 Å². The summed E-state index contributed by atoms with van der Waals surface area (Å²) >= 11 is 0. The lowest BCUT2D eigenvalue weighted by molar-refractivity contribution is 0.0787. The normalized spacial score (nSPS) is 18.6. The second kappa shape index (κ2) is 18.7. The minimum absolute atomic E-state index is 0.280. The van der Waals surface area contributed by atoms with Crippen molar-refractivity contribution in [2.75, 3.05) is 0 Å². The summed E-state index contributed by atoms with van der Waals surface area (Å²) in [6.45, 7) is 13.0. The fourth-order valence-electron chi connectivity index (χ4n) is 11.1. The molecule has 0 bridgehead atoms. The third-order valence-electron chi connectivity index (χ3n) is 14.4. The molecule has 4 nitrogen and oxygen atoms in total. The van der Waals surface area contributed by atoms with E-state index in [9.17, 15) is 10.2 Å². The molecular weight excluding hydrogens is 773 g/mol. The highest BCUT2D eigenvalue weighted by atomic mass is 16.5. The average Bonchev–Trinajstić information content (AvgIpc) is 3.29. The molecule has 0 aromatic heterocycles. The summed E-state index contributed by atoms with van der Waals surface area (Å²) in [5.74, 6) is 2.00. The Morgan fingerprint density at radius 1 is 0.508 bits per heavy atom. The second-order valence-electron chi connectivity index (χ2n) is 19.0. The largest absolute Gasteiger partial charge is 0.507 e. The van der Waals surface area contributed by atoms with Gasteiger partial charge in [-0.25, -0.2) is 0 Å². The van der Waals surface area contributed by atoms with Gasteiger partial charge in [0.2, 0.25) is 0 Å². The van der Waals surface area contributed by atoms with Gasteiger partial charge in [-0.1, -0.05) is 61.5 Å². The molecule has 4 aliphatic rings. The maximum atomic E-state index is 12.4. The van der Waals surface area contributed by atoms with Crippen LogP contribution >= 0.6 is 0 Å². The van der Waals surface area contributed by atoms with Crippen LogP contribution in [0.25, 0.3) is 39.0 Å². The van der Waals surface area contributed by atoms with Gasteiger partial charge in [0, 0.05) is 33.4 Å². The van der Waals surface area contributed by atoms with Crippen LogP contribution < -0.4 is 9.47 Å². The van der Waals surface area contributed by atoms with E-state index in [4.69, 9.17) is 9.47 Å². The lowest BCUT2D eigenvalue weighted by atomic mass is 9.76. The molecule has 0 unspecified atom stereocenters. The van der Waals surface area contributed by atoms with Gasteiger partial charge in [0.1, 0.15) is 35.2 Å². The van der Waals surface area contributed by atoms with E-state index in [0.29, 0.717) is 17.2 Å². The highest BCUT2D eigenvalue weighted by Crippen LogP contribution is 2.49. The van der Waals surface area contributed by atoms with Crippen LogP contribution in [0, 0.1) is 13.8 Å². The first-order valence-electron chi connectivity index (χ1n) is 24.1. The van der Waals surface area contributed by atoms with Crippen molar-refractivity contribution in [3.8, 4) is 56.4 Å². The van der Waals surface area contributed by atoms with Gasteiger partial charge in [-0.15, -0.1) is 0 Å². The van der Waals surface area contributed by atoms with Crippen molar-refractivity contribution in [2.24, 2.45) is 0 Å². The monoisotopic (exact) mass is 838 g/mol. The third kappa shape index (κ3) is 8.76. The number of fused-ring (bicyclic) bond motifs is 3. The van der Waals surface area contributed by atoms with E-state index < -0.39 is 0 Å². The van der Waals surface area contributed by atoms with Crippen molar-refractivity contribution < 1.29 is 19.7 Å². The van der Waals surface area contributed by atoms with Crippen molar-refractivity contribution in [3.63, 3.8) is 0 Å². The number of phenols is 2. The molecule has 9 rings (SSSR count). The van der Waals surface area contributed by atoms with E-state index in [1.165, 1.54) is 83.9 Å². The maximum absolute atomic E-state index is 12.4. The molecule has 0 heterocycles. The van der Waals surface area contributed by atoms with Gasteiger partial charge in [-0.05, 0) is 228 Å². The first-order chi connectivity index (χ1) is 30.7. The smallest absolute Gasteiger partial charge is 0.132 e. The quantitative estimate of drug-likeness (QED) is 0.155. The van der Waals surface area contributed by atoms with Crippen LogP contribution in [-0.2, 0) is 25.7 Å². The Balaban J connectivity index is 1.03. The zero-order valence-electron chi connectivity index (χ0n) is 38.2. The molecule has 4 heteroatoms. The van der Waals surface area contributed by atoms with Crippen molar-refractivity contribution in [3.05, 3.63) is 147 Å². The number of benzene rings is 5. The van der Waals surface area contributed by atoms with Crippen LogP contribution in [0.15, 0.2) is 108 Å². The highest BCUT2D eigenvalue weighted by molar-refractivity contribution is 5.91. The first kappa shape index (κ1) is 42.8. The Bertz CT molecular complexity index is 2570. The number of ether oxygens (including phenoxy) is 2. The standard InChI is InChI=1S/C59H66O4/c1-37-32-50(58(60)52(34-37)56-39(3)20-8-6-7-9-21-42-22-10-13-25-45(42)56)48-28-16-18-30-54(48)62-40(4)41(5)63-55-31-19-17-29-49(55)51-33-38(2)35-53(59(51)61)57-46-26-14-11-23-43(46)36-44-24-12-15-27-47(44)57/h16-19,21,28-36,40-41,60-61H,3,6-15,20,22-27H2,1-2,4-5H3/b42-21-,56-45?/t40-,41+/m1/s1. The van der Waals surface area contributed by atoms with E-state index in [-0.39, 0.29) is 18.0 Å². The number of aryl methyl sites for hydroxylation is 4. The molecule has 0 radical (unpaired) electrons. The van der Waals surface area contributed by atoms with Gasteiger partial charge in [0.15, 0.2) is 0 Å². The number of allylic oxidation sites excluding steroid dienone is 5. The van der Waals surface area contributed by atoms with E-state index in [2.05, 4.69) is 62.9 Å². The third-order valence-corrected chi connectivity index (χ3v) is 14.4. The minimum atomic E-state index is -0.354. The van der Waals surface area contributed by atoms with Crippen molar-refractivity contribution in [2.45, 2.75) is 149 Å². The number of rotatable bonds is 9. The molecule has 1 fully saturated rings. The molecule has 1 saturated carbocycles. The molecule has 4 aliphatic carbocycles. The zero-order chi connectivity index (χ0) is 43.6. The van der Waals surface area contributed by atoms with E-state index in [1.54, 1.807) is 0 Å². The van der Waals surface area contributed by atoms with Crippen LogP contribution in [0.5, 0.6) is 23.0 Å². The molecule has 2 N–H and O–H groups in total. The SMILES string of the molecule is C=C1CCCCC/C=C2/CCCCC2=C1c1cc(C)cc(-c2ccccc2O[C@H](C)[C@H](C)Oc2ccccc2-c2cc(C)cc(-c3c4c(cc5c3CCCC5)CCCC4)c2O)c1O. The van der Waals surface area contributed by atoms with Crippen LogP contribution in [0.2, 0.25) is 0 Å². The van der Waals surface area contributed by atoms with Crippen molar-refractivity contribution in [1.29, 1.82) is 0 Å². The van der Waals surface area contributed by atoms with Crippen LogP contribution in [0.3, 0.4) is 0 Å². The Morgan fingerprint density at radius 3 is 1.62 bits per heavy atom. The van der Waals surface area contributed by atoms with Crippen LogP contribution in [0.1, 0.15) is 136 Å². The van der Waals surface area contributed by atoms with Gasteiger partial charge >= 0.3 is 0 Å². The molecule has 0 saturated heterocycles. The van der Waals surface area contributed by atoms with Gasteiger partial charge in [-0.3, -0.25) is 0 Å². The van der Waals surface area contributed by atoms with Crippen LogP contribution in [0.4, 0.5) is 0 Å². The molecule has 5 aromatic rings. The average molecular weight is 839 g/mol. The number of para-hydroxylation sites is 2. The predicted octanol–water partition coefficient (Wildman–Crippen LogP) is 15.5. The molecule has 63 heavy (non-hydrogen) atoms. The van der Waals surface area contributed by atoms with E-state index in [0.717, 1.165) is 120 Å². The second-order valence-corrected chi connectivity index (χ2v) is 19.0. The topological polar surface area (TPSA) is 58.9 Å². The number of aromatic hydroxyl groups is 2. The predicted molar refractivity (Wildman–Crippen MR) is 261 cm³/mol. The van der Waals surface area contributed by atoms with Crippen molar-refractivity contribution in [1.82, 2.24) is 0 Å². The number of hydrogen-bond acceptors (Lipinski definition) is 4. The molecule has 2 atom stereocenters. The highest BCUT2D eigenvalue weighted by Gasteiger charge is 2.28. The van der Waals surface area contributed by atoms with Crippen molar-refractivity contribution >= 4 is 5.57 Å². The first-order valence-corrected chi connectivity index (χ1v) is 24.1. The lowest BCUT2D eigenvalue weighted by Gasteiger charge is -2.29. The van der Waals surface area contributed by atoms with Gasteiger partial charge < -0.3 is 19.7 Å². The van der Waals surface area contributed by atoms with Gasteiger partial charge in [0.25, 0.3) is 0 Å². The van der Waals surface area contributed by atoms with Gasteiger partial charge in [0.05, 0.1) is 0 Å². The molecule has 0 aliphatic heterocycles. The minimum Gasteiger partial charge on any atom is -0.507 e. The van der Waals surface area contributed by atoms with E-state index in [1.807, 2.05) is 56.3 Å². The maximum Gasteiger partial charge on any atom is 0.132 e. The molecule has 0 amide bonds. The Labute approximate surface area is 376 Å². The molecule has 326 valence electrons. The summed E-state index contributed by atoms with van der Waals surface area (Å²) in [7, 11) is 0. The fraction of sp³-hybridized carbons (Fsp3) is 0.390. The van der Waals surface area contributed by atoms with Gasteiger partial charge in [-0.2, -0.15) is 0 Å². The molecule has 0 spiro atoms. The summed E-state index contributed by atoms with van der Waals surface area (Å²) in [6.07, 6.45) is 21.1. The number of hydrogen-bond donors (Lipinski definition) is 2. The summed E-state index contributed by atoms with van der Waals surface area (Å²) in [5.41, 5.74) is 19.5. The number of phenolic OH excluding ortho intramolecular Hbond substituents is 2. The lowest BCUT2D eigenvalue weighted by Crippen LogP contribution is -2.31. The van der Waals surface area contributed by atoms with E-state index >= 15 is 0 Å². The Hall–Kier alpha value is -5.48. The summed E-state index contributed by atoms with van der Waals surface area (Å²) in [5, 5.41) is 24.8. The zero-order valence-corrected chi connectivity index (χ0v) is 38.2. The fourth-order valence-corrected chi connectivity index (χ4v) is 11.1. The molecule has 5 aromatic carbocycles. The summed E-state index contributed by atoms with van der Waals surface area (Å²) < 4.78 is 13.7. The summed E-state index contributed by atoms with van der Waals surface area (Å²) in [4.78, 5) is 0. The summed E-state index contributed by atoms with van der Waals surface area (Å²) in [6, 6.07) is 27.2. The Morgan fingerprint density at radius 2 is 1.00 bits per heavy atom. The molecular formula is C59H66O4.